The van der Waals surface area contributed by atoms with Gasteiger partial charge in [0.1, 0.15) is 13.2 Å². The van der Waals surface area contributed by atoms with Gasteiger partial charge >= 0.3 is 0 Å². The number of ether oxygens (including phenoxy) is 2. The summed E-state index contributed by atoms with van der Waals surface area (Å²) in [5.74, 6) is 0.966. The average Bonchev–Trinajstić information content (AvgIpc) is 3.23. The van der Waals surface area contributed by atoms with Crippen molar-refractivity contribution in [2.45, 2.75) is 43.0 Å². The number of benzene rings is 2. The number of hydrogen-bond donors (Lipinski definition) is 1. The lowest BCUT2D eigenvalue weighted by Crippen LogP contribution is -2.38. The molecule has 0 radical (unpaired) electrons. The van der Waals surface area contributed by atoms with Crippen LogP contribution in [0.5, 0.6) is 11.5 Å². The Morgan fingerprint density at radius 2 is 1.73 bits per heavy atom. The standard InChI is InChI=1S/C23H25N3O5S2/c1-26(16-5-3-2-4-6-16)33(28,29)17-9-7-15(8-10-17)22(27)25-23-24-18-13-19-20(14-21(18)32-23)31-12-11-30-19/h7-10,13-14,16H,2-6,11-12H2,1H3,(H,24,25,27). The minimum atomic E-state index is -3.60. The number of carbonyl (C=O) groups excluding carboxylic acids is 1. The van der Waals surface area contributed by atoms with E-state index in [9.17, 15) is 13.2 Å². The molecule has 1 aliphatic heterocycles. The van der Waals surface area contributed by atoms with E-state index < -0.39 is 10.0 Å². The van der Waals surface area contributed by atoms with Gasteiger partial charge in [-0.05, 0) is 37.1 Å². The van der Waals surface area contributed by atoms with E-state index in [1.54, 1.807) is 13.1 Å². The summed E-state index contributed by atoms with van der Waals surface area (Å²) in [5.41, 5.74) is 1.08. The first-order valence-corrected chi connectivity index (χ1v) is 13.3. The lowest BCUT2D eigenvalue weighted by Gasteiger charge is -2.30. The van der Waals surface area contributed by atoms with Crippen LogP contribution in [0, 0.1) is 0 Å². The molecule has 3 aromatic rings. The molecule has 0 bridgehead atoms. The molecule has 2 heterocycles. The van der Waals surface area contributed by atoms with Crippen LogP contribution in [0.3, 0.4) is 0 Å². The summed E-state index contributed by atoms with van der Waals surface area (Å²) in [4.78, 5) is 17.4. The molecule has 0 spiro atoms. The number of anilines is 1. The summed E-state index contributed by atoms with van der Waals surface area (Å²) in [6.07, 6.45) is 5.04. The normalized spacial score (nSPS) is 16.8. The smallest absolute Gasteiger partial charge is 0.257 e. The van der Waals surface area contributed by atoms with Crippen molar-refractivity contribution in [1.29, 1.82) is 0 Å². The van der Waals surface area contributed by atoms with E-state index in [4.69, 9.17) is 9.47 Å². The SMILES string of the molecule is CN(C1CCCCC1)S(=O)(=O)c1ccc(C(=O)Nc2nc3cc4c(cc3s2)OCCO4)cc1. The molecule has 1 aliphatic carbocycles. The summed E-state index contributed by atoms with van der Waals surface area (Å²) in [5, 5.41) is 3.25. The van der Waals surface area contributed by atoms with Crippen molar-refractivity contribution >= 4 is 42.6 Å². The van der Waals surface area contributed by atoms with Gasteiger partial charge < -0.3 is 9.47 Å². The van der Waals surface area contributed by atoms with Gasteiger partial charge in [-0.1, -0.05) is 30.6 Å². The molecule has 0 atom stereocenters. The molecule has 5 rings (SSSR count). The topological polar surface area (TPSA) is 97.8 Å². The molecule has 2 aromatic carbocycles. The average molecular weight is 488 g/mol. The highest BCUT2D eigenvalue weighted by Gasteiger charge is 2.29. The number of thiazole rings is 1. The van der Waals surface area contributed by atoms with Crippen LogP contribution in [-0.4, -0.2) is 49.9 Å². The van der Waals surface area contributed by atoms with Gasteiger partial charge in [-0.3, -0.25) is 10.1 Å². The maximum absolute atomic E-state index is 13.0. The molecule has 0 saturated heterocycles. The number of aromatic nitrogens is 1. The quantitative estimate of drug-likeness (QED) is 0.577. The third kappa shape index (κ3) is 4.42. The predicted molar refractivity (Wildman–Crippen MR) is 127 cm³/mol. The number of rotatable bonds is 5. The summed E-state index contributed by atoms with van der Waals surface area (Å²) in [6, 6.07) is 9.75. The third-order valence-corrected chi connectivity index (χ3v) is 9.01. The Morgan fingerprint density at radius 1 is 1.06 bits per heavy atom. The third-order valence-electron chi connectivity index (χ3n) is 6.16. The molecule has 1 saturated carbocycles. The summed E-state index contributed by atoms with van der Waals surface area (Å²) in [6.45, 7) is 0.997. The second-order valence-corrected chi connectivity index (χ2v) is 11.3. The molecule has 8 nitrogen and oxygen atoms in total. The largest absolute Gasteiger partial charge is 0.486 e. The van der Waals surface area contributed by atoms with Gasteiger partial charge in [-0.25, -0.2) is 13.4 Å². The highest BCUT2D eigenvalue weighted by Crippen LogP contribution is 2.38. The number of hydrogen-bond acceptors (Lipinski definition) is 7. The van der Waals surface area contributed by atoms with E-state index >= 15 is 0 Å². The molecule has 33 heavy (non-hydrogen) atoms. The van der Waals surface area contributed by atoms with Crippen LogP contribution in [0.1, 0.15) is 42.5 Å². The minimum absolute atomic E-state index is 0.0345. The fourth-order valence-electron chi connectivity index (χ4n) is 4.27. The predicted octanol–water partition coefficient (Wildman–Crippen LogP) is 4.27. The number of amides is 1. The number of sulfonamides is 1. The molecular weight excluding hydrogens is 462 g/mol. The summed E-state index contributed by atoms with van der Waals surface area (Å²) in [7, 11) is -1.95. The first-order chi connectivity index (χ1) is 15.9. The van der Waals surface area contributed by atoms with Gasteiger partial charge in [-0.15, -0.1) is 0 Å². The van der Waals surface area contributed by atoms with Crippen LogP contribution in [0.2, 0.25) is 0 Å². The second kappa shape index (κ2) is 8.92. The Morgan fingerprint density at radius 3 is 2.42 bits per heavy atom. The van der Waals surface area contributed by atoms with Crippen molar-refractivity contribution in [3.63, 3.8) is 0 Å². The lowest BCUT2D eigenvalue weighted by atomic mass is 9.96. The van der Waals surface area contributed by atoms with E-state index in [1.165, 1.54) is 39.9 Å². The zero-order valence-corrected chi connectivity index (χ0v) is 19.9. The van der Waals surface area contributed by atoms with Crippen LogP contribution in [0.4, 0.5) is 5.13 Å². The molecule has 2 aliphatic rings. The van der Waals surface area contributed by atoms with Gasteiger partial charge in [0.25, 0.3) is 5.91 Å². The highest BCUT2D eigenvalue weighted by atomic mass is 32.2. The van der Waals surface area contributed by atoms with Crippen LogP contribution < -0.4 is 14.8 Å². The zero-order valence-electron chi connectivity index (χ0n) is 18.2. The van der Waals surface area contributed by atoms with Crippen LogP contribution in [0.15, 0.2) is 41.3 Å². The number of fused-ring (bicyclic) bond motifs is 2. The molecule has 1 aromatic heterocycles. The van der Waals surface area contributed by atoms with E-state index in [1.807, 2.05) is 6.07 Å². The van der Waals surface area contributed by atoms with E-state index in [0.717, 1.165) is 36.8 Å². The Kier molecular flexibility index (Phi) is 5.98. The Bertz CT molecular complexity index is 1240. The van der Waals surface area contributed by atoms with Gasteiger partial charge in [-0.2, -0.15) is 4.31 Å². The van der Waals surface area contributed by atoms with E-state index in [0.29, 0.717) is 40.9 Å². The lowest BCUT2D eigenvalue weighted by molar-refractivity contribution is 0.102. The van der Waals surface area contributed by atoms with E-state index in [-0.39, 0.29) is 16.8 Å². The molecule has 0 unspecified atom stereocenters. The zero-order chi connectivity index (χ0) is 23.0. The van der Waals surface area contributed by atoms with Crippen molar-refractivity contribution in [2.24, 2.45) is 0 Å². The molecule has 10 heteroatoms. The first kappa shape index (κ1) is 22.1. The molecule has 1 fully saturated rings. The van der Waals surface area contributed by atoms with E-state index in [2.05, 4.69) is 10.3 Å². The first-order valence-electron chi connectivity index (χ1n) is 11.0. The number of nitrogens with one attached hydrogen (secondary N) is 1. The number of carbonyl (C=O) groups is 1. The molecular formula is C23H25N3O5S2. The fraction of sp³-hybridized carbons (Fsp3) is 0.391. The highest BCUT2D eigenvalue weighted by molar-refractivity contribution is 7.89. The maximum Gasteiger partial charge on any atom is 0.257 e. The van der Waals surface area contributed by atoms with Crippen LogP contribution >= 0.6 is 11.3 Å². The number of nitrogens with zero attached hydrogens (tertiary/aromatic N) is 2. The van der Waals surface area contributed by atoms with Gasteiger partial charge in [0.05, 0.1) is 15.1 Å². The van der Waals surface area contributed by atoms with Crippen molar-refractivity contribution in [2.75, 3.05) is 25.6 Å². The monoisotopic (exact) mass is 487 g/mol. The Labute approximate surface area is 196 Å². The van der Waals surface area contributed by atoms with Crippen molar-refractivity contribution < 1.29 is 22.7 Å². The molecule has 1 amide bonds. The van der Waals surface area contributed by atoms with Crippen molar-refractivity contribution in [3.8, 4) is 11.5 Å². The van der Waals surface area contributed by atoms with Crippen LogP contribution in [0.25, 0.3) is 10.2 Å². The molecule has 174 valence electrons. The van der Waals surface area contributed by atoms with Gasteiger partial charge in [0.2, 0.25) is 10.0 Å². The second-order valence-electron chi connectivity index (χ2n) is 8.27. The summed E-state index contributed by atoms with van der Waals surface area (Å²) < 4.78 is 39.6. The van der Waals surface area contributed by atoms with Gasteiger partial charge in [0.15, 0.2) is 16.6 Å². The Balaban J connectivity index is 1.30. The molecule has 1 N–H and O–H groups in total. The van der Waals surface area contributed by atoms with Crippen molar-refractivity contribution in [3.05, 3.63) is 42.0 Å². The summed E-state index contributed by atoms with van der Waals surface area (Å²) >= 11 is 1.34. The maximum atomic E-state index is 13.0. The Hall–Kier alpha value is -2.69. The van der Waals surface area contributed by atoms with Gasteiger partial charge in [0, 0.05) is 30.8 Å². The van der Waals surface area contributed by atoms with Crippen molar-refractivity contribution in [1.82, 2.24) is 9.29 Å². The minimum Gasteiger partial charge on any atom is -0.486 e. The van der Waals surface area contributed by atoms with Crippen LogP contribution in [-0.2, 0) is 10.0 Å². The fourth-order valence-corrected chi connectivity index (χ4v) is 6.56.